The van der Waals surface area contributed by atoms with Gasteiger partial charge in [-0.2, -0.15) is 0 Å². The van der Waals surface area contributed by atoms with E-state index in [0.717, 1.165) is 12.0 Å². The molecule has 0 amide bonds. The van der Waals surface area contributed by atoms with Gasteiger partial charge in [-0.1, -0.05) is 26.3 Å². The van der Waals surface area contributed by atoms with Crippen LogP contribution >= 0.6 is 0 Å². The zero-order valence-electron chi connectivity index (χ0n) is 11.2. The first-order valence-electron chi connectivity index (χ1n) is 5.87. The van der Waals surface area contributed by atoms with Gasteiger partial charge in [0.05, 0.1) is 12.7 Å². The summed E-state index contributed by atoms with van der Waals surface area (Å²) in [6, 6.07) is 1.77. The van der Waals surface area contributed by atoms with Crippen molar-refractivity contribution in [1.29, 1.82) is 0 Å². The normalized spacial score (nSPS) is 13.6. The summed E-state index contributed by atoms with van der Waals surface area (Å²) in [6.07, 6.45) is 3.16. The van der Waals surface area contributed by atoms with Gasteiger partial charge in [-0.25, -0.2) is 4.79 Å². The van der Waals surface area contributed by atoms with Gasteiger partial charge in [0.1, 0.15) is 11.5 Å². The molecule has 0 fully saturated rings. The molecule has 0 aliphatic carbocycles. The molecule has 0 N–H and O–H groups in total. The molecular formula is C14H20O3. The molecule has 0 aliphatic rings. The molecule has 0 saturated carbocycles. The van der Waals surface area contributed by atoms with Crippen molar-refractivity contribution in [1.82, 2.24) is 0 Å². The van der Waals surface area contributed by atoms with Crippen LogP contribution in [0.5, 0.6) is 5.75 Å². The Kier molecular flexibility index (Phi) is 4.55. The van der Waals surface area contributed by atoms with Gasteiger partial charge in [-0.05, 0) is 25.3 Å². The maximum atomic E-state index is 11.6. The molecule has 1 heterocycles. The van der Waals surface area contributed by atoms with Gasteiger partial charge in [-0.15, -0.1) is 0 Å². The number of hydrogen-bond acceptors (Lipinski definition) is 3. The summed E-state index contributed by atoms with van der Waals surface area (Å²) in [6.45, 7) is 7.90. The largest absolute Gasteiger partial charge is 0.496 e. The quantitative estimate of drug-likeness (QED) is 0.804. The fourth-order valence-electron chi connectivity index (χ4n) is 1.57. The minimum absolute atomic E-state index is 0.337. The molecule has 0 spiro atoms. The first kappa shape index (κ1) is 13.6. The Morgan fingerprint density at radius 1 is 1.59 bits per heavy atom. The highest BCUT2D eigenvalue weighted by atomic mass is 16.5. The Hall–Kier alpha value is -1.51. The maximum Gasteiger partial charge on any atom is 0.342 e. The van der Waals surface area contributed by atoms with Gasteiger partial charge in [0, 0.05) is 6.07 Å². The lowest BCUT2D eigenvalue weighted by Gasteiger charge is -2.08. The van der Waals surface area contributed by atoms with Crippen molar-refractivity contribution in [2.24, 2.45) is 5.92 Å². The third kappa shape index (κ3) is 3.22. The Morgan fingerprint density at radius 2 is 2.24 bits per heavy atom. The second-order valence-electron chi connectivity index (χ2n) is 4.33. The SMILES string of the molecule is CCC(C)C=C(C)c1cc(OC)c(C)c(=O)o1. The fourth-order valence-corrected chi connectivity index (χ4v) is 1.57. The maximum absolute atomic E-state index is 11.6. The molecule has 0 aliphatic heterocycles. The summed E-state index contributed by atoms with van der Waals surface area (Å²) in [7, 11) is 1.55. The topological polar surface area (TPSA) is 39.4 Å². The lowest BCUT2D eigenvalue weighted by Crippen LogP contribution is -2.07. The molecule has 1 aromatic heterocycles. The highest BCUT2D eigenvalue weighted by Gasteiger charge is 2.09. The first-order chi connectivity index (χ1) is 7.99. The van der Waals surface area contributed by atoms with Crippen LogP contribution < -0.4 is 10.4 Å². The van der Waals surface area contributed by atoms with Crippen LogP contribution in [0.1, 0.15) is 38.5 Å². The minimum atomic E-state index is -0.337. The van der Waals surface area contributed by atoms with E-state index in [1.165, 1.54) is 0 Å². The highest BCUT2D eigenvalue weighted by molar-refractivity contribution is 5.60. The predicted octanol–water partition coefficient (Wildman–Crippen LogP) is 3.41. The molecule has 3 heteroatoms. The van der Waals surface area contributed by atoms with E-state index >= 15 is 0 Å². The van der Waals surface area contributed by atoms with Crippen LogP contribution in [-0.4, -0.2) is 7.11 Å². The summed E-state index contributed by atoms with van der Waals surface area (Å²) in [5, 5.41) is 0. The Bertz CT molecular complexity index is 469. The summed E-state index contributed by atoms with van der Waals surface area (Å²) in [5.74, 6) is 1.62. The zero-order valence-corrected chi connectivity index (χ0v) is 11.2. The van der Waals surface area contributed by atoms with Crippen LogP contribution in [0.4, 0.5) is 0 Å². The molecule has 0 aromatic carbocycles. The van der Waals surface area contributed by atoms with Crippen LogP contribution in [-0.2, 0) is 0 Å². The average Bonchev–Trinajstić information content (AvgIpc) is 2.32. The molecule has 3 nitrogen and oxygen atoms in total. The Morgan fingerprint density at radius 3 is 2.76 bits per heavy atom. The van der Waals surface area contributed by atoms with Gasteiger partial charge < -0.3 is 9.15 Å². The monoisotopic (exact) mass is 236 g/mol. The Balaban J connectivity index is 3.20. The van der Waals surface area contributed by atoms with E-state index in [9.17, 15) is 4.79 Å². The number of methoxy groups -OCH3 is 1. The molecule has 17 heavy (non-hydrogen) atoms. The van der Waals surface area contributed by atoms with Gasteiger partial charge in [0.25, 0.3) is 0 Å². The van der Waals surface area contributed by atoms with Crippen LogP contribution in [0.25, 0.3) is 5.57 Å². The Labute approximate surface area is 102 Å². The van der Waals surface area contributed by atoms with E-state index in [4.69, 9.17) is 9.15 Å². The number of hydrogen-bond donors (Lipinski definition) is 0. The van der Waals surface area contributed by atoms with Crippen molar-refractivity contribution in [2.45, 2.75) is 34.1 Å². The molecule has 1 atom stereocenters. The van der Waals surface area contributed by atoms with Crippen LogP contribution in [0, 0.1) is 12.8 Å². The fraction of sp³-hybridized carbons (Fsp3) is 0.500. The third-order valence-corrected chi connectivity index (χ3v) is 2.93. The smallest absolute Gasteiger partial charge is 0.342 e. The molecule has 1 unspecified atom stereocenters. The summed E-state index contributed by atoms with van der Waals surface area (Å²) in [5.41, 5.74) is 1.14. The predicted molar refractivity (Wildman–Crippen MR) is 69.4 cm³/mol. The first-order valence-corrected chi connectivity index (χ1v) is 5.87. The molecular weight excluding hydrogens is 216 g/mol. The van der Waals surface area contributed by atoms with Crippen LogP contribution in [0.2, 0.25) is 0 Å². The van der Waals surface area contributed by atoms with Crippen molar-refractivity contribution in [3.63, 3.8) is 0 Å². The van der Waals surface area contributed by atoms with E-state index < -0.39 is 0 Å². The number of allylic oxidation sites excluding steroid dienone is 2. The van der Waals surface area contributed by atoms with Crippen molar-refractivity contribution in [3.8, 4) is 5.75 Å². The summed E-state index contributed by atoms with van der Waals surface area (Å²) in [4.78, 5) is 11.6. The van der Waals surface area contributed by atoms with Crippen molar-refractivity contribution in [2.75, 3.05) is 7.11 Å². The zero-order chi connectivity index (χ0) is 13.0. The second-order valence-corrected chi connectivity index (χ2v) is 4.33. The molecule has 0 radical (unpaired) electrons. The van der Waals surface area contributed by atoms with E-state index in [1.54, 1.807) is 20.1 Å². The van der Waals surface area contributed by atoms with Gasteiger partial charge in [-0.3, -0.25) is 0 Å². The van der Waals surface area contributed by atoms with E-state index in [0.29, 0.717) is 23.0 Å². The standard InChI is InChI=1S/C14H20O3/c1-6-9(2)7-10(3)12-8-13(16-5)11(4)14(15)17-12/h7-9H,6H2,1-5H3. The van der Waals surface area contributed by atoms with Crippen molar-refractivity contribution in [3.05, 3.63) is 33.9 Å². The average molecular weight is 236 g/mol. The number of ether oxygens (including phenoxy) is 1. The van der Waals surface area contributed by atoms with Crippen molar-refractivity contribution >= 4 is 5.57 Å². The van der Waals surface area contributed by atoms with Gasteiger partial charge >= 0.3 is 5.63 Å². The van der Waals surface area contributed by atoms with E-state index in [2.05, 4.69) is 19.9 Å². The van der Waals surface area contributed by atoms with Gasteiger partial charge in [0.2, 0.25) is 0 Å². The molecule has 1 rings (SSSR count). The lowest BCUT2D eigenvalue weighted by atomic mass is 10.0. The van der Waals surface area contributed by atoms with Crippen LogP contribution in [0.15, 0.2) is 21.4 Å². The highest BCUT2D eigenvalue weighted by Crippen LogP contribution is 2.22. The van der Waals surface area contributed by atoms with E-state index in [-0.39, 0.29) is 5.63 Å². The second kappa shape index (κ2) is 5.71. The van der Waals surface area contributed by atoms with Crippen molar-refractivity contribution < 1.29 is 9.15 Å². The van der Waals surface area contributed by atoms with E-state index in [1.807, 2.05) is 6.92 Å². The molecule has 0 saturated heterocycles. The van der Waals surface area contributed by atoms with Gasteiger partial charge in [0.15, 0.2) is 0 Å². The van der Waals surface area contributed by atoms with Crippen LogP contribution in [0.3, 0.4) is 0 Å². The third-order valence-electron chi connectivity index (χ3n) is 2.93. The number of rotatable bonds is 4. The molecule has 94 valence electrons. The summed E-state index contributed by atoms with van der Waals surface area (Å²) < 4.78 is 10.4. The lowest BCUT2D eigenvalue weighted by molar-refractivity contribution is 0.394. The molecule has 1 aromatic rings. The summed E-state index contributed by atoms with van der Waals surface area (Å²) >= 11 is 0. The minimum Gasteiger partial charge on any atom is -0.496 e. The molecule has 0 bridgehead atoms.